The van der Waals surface area contributed by atoms with E-state index in [9.17, 15) is 9.18 Å². The highest BCUT2D eigenvalue weighted by Gasteiger charge is 2.22. The fourth-order valence-corrected chi connectivity index (χ4v) is 1.76. The summed E-state index contributed by atoms with van der Waals surface area (Å²) in [6.07, 6.45) is -0.319. The molecule has 1 aromatic rings. The highest BCUT2D eigenvalue weighted by molar-refractivity contribution is 5.89. The number of benzene rings is 1. The molecule has 0 spiro atoms. The van der Waals surface area contributed by atoms with Gasteiger partial charge in [-0.25, -0.2) is 9.18 Å². The van der Waals surface area contributed by atoms with E-state index < -0.39 is 11.8 Å². The Hall–Kier alpha value is -1.46. The second kappa shape index (κ2) is 4.59. The second-order valence-corrected chi connectivity index (χ2v) is 3.60. The molecule has 1 aliphatic heterocycles. The number of aromatic carboxylic acids is 1. The Morgan fingerprint density at radius 1 is 1.56 bits per heavy atom. The van der Waals surface area contributed by atoms with Crippen LogP contribution in [0.15, 0.2) is 18.2 Å². The standard InChI is InChI=1S/C11H12FNO3/c12-7-1-2-8(9(5-7)11(14)15)10-6-13-3-4-16-10/h1-2,5,10,13H,3-4,6H2,(H,14,15). The van der Waals surface area contributed by atoms with Gasteiger partial charge in [-0.3, -0.25) is 0 Å². The molecular weight excluding hydrogens is 213 g/mol. The van der Waals surface area contributed by atoms with Gasteiger partial charge in [-0.15, -0.1) is 0 Å². The topological polar surface area (TPSA) is 58.6 Å². The molecule has 0 aliphatic carbocycles. The zero-order chi connectivity index (χ0) is 11.5. The lowest BCUT2D eigenvalue weighted by atomic mass is 10.0. The van der Waals surface area contributed by atoms with Crippen molar-refractivity contribution in [3.63, 3.8) is 0 Å². The average Bonchev–Trinajstić information content (AvgIpc) is 2.30. The Bertz CT molecular complexity index is 402. The molecule has 0 saturated carbocycles. The largest absolute Gasteiger partial charge is 0.478 e. The van der Waals surface area contributed by atoms with E-state index >= 15 is 0 Å². The van der Waals surface area contributed by atoms with Crippen molar-refractivity contribution in [2.45, 2.75) is 6.10 Å². The van der Waals surface area contributed by atoms with Crippen molar-refractivity contribution >= 4 is 5.97 Å². The summed E-state index contributed by atoms with van der Waals surface area (Å²) in [6, 6.07) is 3.74. The molecule has 0 amide bonds. The molecule has 4 nitrogen and oxygen atoms in total. The third-order valence-corrected chi connectivity index (χ3v) is 2.52. The van der Waals surface area contributed by atoms with Gasteiger partial charge in [0.05, 0.1) is 18.3 Å². The summed E-state index contributed by atoms with van der Waals surface area (Å²) in [6.45, 7) is 1.83. The van der Waals surface area contributed by atoms with E-state index in [0.717, 1.165) is 12.6 Å². The molecular formula is C11H12FNO3. The summed E-state index contributed by atoms with van der Waals surface area (Å²) in [5.41, 5.74) is 0.481. The third-order valence-electron chi connectivity index (χ3n) is 2.52. The fourth-order valence-electron chi connectivity index (χ4n) is 1.76. The number of morpholine rings is 1. The molecule has 1 aromatic carbocycles. The van der Waals surface area contributed by atoms with Gasteiger partial charge < -0.3 is 15.2 Å². The fraction of sp³-hybridized carbons (Fsp3) is 0.364. The van der Waals surface area contributed by atoms with Crippen LogP contribution in [-0.4, -0.2) is 30.8 Å². The van der Waals surface area contributed by atoms with Crippen molar-refractivity contribution in [3.05, 3.63) is 35.1 Å². The molecule has 16 heavy (non-hydrogen) atoms. The molecule has 1 fully saturated rings. The van der Waals surface area contributed by atoms with Crippen LogP contribution in [0.2, 0.25) is 0 Å². The molecule has 86 valence electrons. The van der Waals surface area contributed by atoms with Gasteiger partial charge in [0.15, 0.2) is 0 Å². The van der Waals surface area contributed by atoms with E-state index in [-0.39, 0.29) is 11.7 Å². The monoisotopic (exact) mass is 225 g/mol. The van der Waals surface area contributed by atoms with Gasteiger partial charge in [0.1, 0.15) is 5.82 Å². The summed E-state index contributed by atoms with van der Waals surface area (Å²) < 4.78 is 18.4. The zero-order valence-corrected chi connectivity index (χ0v) is 8.57. The van der Waals surface area contributed by atoms with Crippen molar-refractivity contribution in [3.8, 4) is 0 Å². The number of nitrogens with one attached hydrogen (secondary N) is 1. The first-order valence-corrected chi connectivity index (χ1v) is 5.03. The minimum absolute atomic E-state index is 0.0336. The lowest BCUT2D eigenvalue weighted by molar-refractivity contribution is 0.0263. The molecule has 0 radical (unpaired) electrons. The zero-order valence-electron chi connectivity index (χ0n) is 8.57. The third kappa shape index (κ3) is 2.20. The summed E-state index contributed by atoms with van der Waals surface area (Å²) in [4.78, 5) is 11.0. The maximum absolute atomic E-state index is 13.0. The summed E-state index contributed by atoms with van der Waals surface area (Å²) >= 11 is 0. The number of carboxylic acids is 1. The van der Waals surface area contributed by atoms with Crippen LogP contribution >= 0.6 is 0 Å². The molecule has 1 heterocycles. The Morgan fingerprint density at radius 2 is 2.38 bits per heavy atom. The van der Waals surface area contributed by atoms with Crippen LogP contribution in [0.3, 0.4) is 0 Å². The van der Waals surface area contributed by atoms with Crippen molar-refractivity contribution in [1.29, 1.82) is 0 Å². The normalized spacial score (nSPS) is 20.7. The Kier molecular flexibility index (Phi) is 3.17. The van der Waals surface area contributed by atoms with Crippen LogP contribution < -0.4 is 5.32 Å². The summed E-state index contributed by atoms with van der Waals surface area (Å²) in [7, 11) is 0. The summed E-state index contributed by atoms with van der Waals surface area (Å²) in [5.74, 6) is -1.69. The number of rotatable bonds is 2. The number of halogens is 1. The first-order chi connectivity index (χ1) is 7.68. The van der Waals surface area contributed by atoms with Gasteiger partial charge >= 0.3 is 5.97 Å². The number of hydrogen-bond acceptors (Lipinski definition) is 3. The lowest BCUT2D eigenvalue weighted by Gasteiger charge is -2.25. The molecule has 1 saturated heterocycles. The summed E-state index contributed by atoms with van der Waals surface area (Å²) in [5, 5.41) is 12.1. The number of carboxylic acid groups (broad SMARTS) is 1. The van der Waals surface area contributed by atoms with E-state index in [1.807, 2.05) is 0 Å². The van der Waals surface area contributed by atoms with Crippen molar-refractivity contribution < 1.29 is 19.0 Å². The molecule has 2 rings (SSSR count). The number of ether oxygens (including phenoxy) is 1. The first-order valence-electron chi connectivity index (χ1n) is 5.03. The van der Waals surface area contributed by atoms with Gasteiger partial charge in [0, 0.05) is 13.1 Å². The average molecular weight is 225 g/mol. The van der Waals surface area contributed by atoms with E-state index in [1.54, 1.807) is 0 Å². The Morgan fingerprint density at radius 3 is 3.00 bits per heavy atom. The Labute approximate surface area is 92.0 Å². The van der Waals surface area contributed by atoms with Crippen molar-refractivity contribution in [2.75, 3.05) is 19.7 Å². The maximum atomic E-state index is 13.0. The van der Waals surface area contributed by atoms with Gasteiger partial charge in [0.2, 0.25) is 0 Å². The van der Waals surface area contributed by atoms with Crippen LogP contribution in [0.25, 0.3) is 0 Å². The van der Waals surface area contributed by atoms with Crippen LogP contribution in [-0.2, 0) is 4.74 Å². The van der Waals surface area contributed by atoms with E-state index in [4.69, 9.17) is 9.84 Å². The van der Waals surface area contributed by atoms with Crippen molar-refractivity contribution in [1.82, 2.24) is 5.32 Å². The highest BCUT2D eigenvalue weighted by Crippen LogP contribution is 2.23. The van der Waals surface area contributed by atoms with Gasteiger partial charge in [-0.05, 0) is 17.7 Å². The molecule has 5 heteroatoms. The van der Waals surface area contributed by atoms with Crippen LogP contribution in [0.1, 0.15) is 22.0 Å². The predicted octanol–water partition coefficient (Wildman–Crippen LogP) is 1.18. The van der Waals surface area contributed by atoms with Crippen LogP contribution in [0.5, 0.6) is 0 Å². The molecule has 1 atom stereocenters. The molecule has 1 aliphatic rings. The van der Waals surface area contributed by atoms with Crippen LogP contribution in [0.4, 0.5) is 4.39 Å². The van der Waals surface area contributed by atoms with E-state index in [2.05, 4.69) is 5.32 Å². The van der Waals surface area contributed by atoms with Gasteiger partial charge in [0.25, 0.3) is 0 Å². The molecule has 1 unspecified atom stereocenters. The lowest BCUT2D eigenvalue weighted by Crippen LogP contribution is -2.34. The molecule has 2 N–H and O–H groups in total. The smallest absolute Gasteiger partial charge is 0.336 e. The minimum atomic E-state index is -1.14. The molecule has 0 bridgehead atoms. The van der Waals surface area contributed by atoms with Gasteiger partial charge in [-0.2, -0.15) is 0 Å². The highest BCUT2D eigenvalue weighted by atomic mass is 19.1. The Balaban J connectivity index is 2.34. The number of hydrogen-bond donors (Lipinski definition) is 2. The first kappa shape index (κ1) is 11.0. The van der Waals surface area contributed by atoms with Crippen LogP contribution in [0, 0.1) is 5.82 Å². The van der Waals surface area contributed by atoms with Gasteiger partial charge in [-0.1, -0.05) is 6.07 Å². The quantitative estimate of drug-likeness (QED) is 0.793. The van der Waals surface area contributed by atoms with E-state index in [0.29, 0.717) is 18.7 Å². The maximum Gasteiger partial charge on any atom is 0.336 e. The SMILES string of the molecule is O=C(O)c1cc(F)ccc1C1CNCCO1. The second-order valence-electron chi connectivity index (χ2n) is 3.60. The number of carbonyl (C=O) groups is 1. The minimum Gasteiger partial charge on any atom is -0.478 e. The van der Waals surface area contributed by atoms with E-state index in [1.165, 1.54) is 12.1 Å². The molecule has 0 aromatic heterocycles. The predicted molar refractivity (Wildman–Crippen MR) is 54.9 cm³/mol. The van der Waals surface area contributed by atoms with Crippen molar-refractivity contribution in [2.24, 2.45) is 0 Å².